The first-order valence-corrected chi connectivity index (χ1v) is 7.17. The molecule has 2 N–H and O–H groups in total. The van der Waals surface area contributed by atoms with E-state index >= 15 is 0 Å². The lowest BCUT2D eigenvalue weighted by molar-refractivity contribution is -0.156. The van der Waals surface area contributed by atoms with E-state index < -0.39 is 18.0 Å². The third-order valence-corrected chi connectivity index (χ3v) is 5.21. The summed E-state index contributed by atoms with van der Waals surface area (Å²) >= 11 is 1.35. The Morgan fingerprint density at radius 3 is 2.84 bits per heavy atom. The van der Waals surface area contributed by atoms with Gasteiger partial charge in [0.05, 0.1) is 18.1 Å². The molecule has 7 heteroatoms. The lowest BCUT2D eigenvalue weighted by atomic mass is 9.92. The Kier molecular flexibility index (Phi) is 3.07. The second kappa shape index (κ2) is 4.50. The quantitative estimate of drug-likeness (QED) is 0.729. The second-order valence-corrected chi connectivity index (χ2v) is 6.16. The SMILES string of the molecule is CC(O)C1C(=O)N2C(C(=O)O)=C(C3CCCO3)S[C@@H]12. The lowest BCUT2D eigenvalue weighted by Crippen LogP contribution is -2.60. The van der Waals surface area contributed by atoms with Crippen molar-refractivity contribution in [3.8, 4) is 0 Å². The number of carboxylic acid groups (broad SMARTS) is 1. The minimum absolute atomic E-state index is 0.0452. The molecule has 4 atom stereocenters. The highest BCUT2D eigenvalue weighted by molar-refractivity contribution is 8.04. The molecular weight excluding hydrogens is 270 g/mol. The molecule has 0 radical (unpaired) electrons. The molecule has 2 fully saturated rings. The van der Waals surface area contributed by atoms with Crippen LogP contribution in [-0.4, -0.2) is 51.2 Å². The summed E-state index contributed by atoms with van der Waals surface area (Å²) < 4.78 is 5.53. The minimum atomic E-state index is -1.10. The van der Waals surface area contributed by atoms with Crippen LogP contribution in [0.2, 0.25) is 0 Å². The summed E-state index contributed by atoms with van der Waals surface area (Å²) in [7, 11) is 0. The number of β-lactam (4-membered cyclic amide) rings is 1. The number of hydrogen-bond donors (Lipinski definition) is 2. The average molecular weight is 285 g/mol. The van der Waals surface area contributed by atoms with Crippen molar-refractivity contribution in [3.05, 3.63) is 10.6 Å². The van der Waals surface area contributed by atoms with Crippen LogP contribution in [0.1, 0.15) is 19.8 Å². The standard InChI is InChI=1S/C12H15NO5S/c1-5(14)7-10(15)13-8(12(16)17)9(19-11(7)13)6-3-2-4-18-6/h5-7,11,14H,2-4H2,1H3,(H,16,17)/t5?,6?,7?,11-/m0/s1. The van der Waals surface area contributed by atoms with Crippen LogP contribution >= 0.6 is 11.8 Å². The number of ether oxygens (including phenoxy) is 1. The van der Waals surface area contributed by atoms with Crippen LogP contribution in [0, 0.1) is 5.92 Å². The number of aliphatic hydroxyl groups is 1. The van der Waals surface area contributed by atoms with Gasteiger partial charge >= 0.3 is 5.97 Å². The number of carbonyl (C=O) groups excluding carboxylic acids is 1. The number of aliphatic carboxylic acids is 1. The van der Waals surface area contributed by atoms with E-state index in [0.717, 1.165) is 12.8 Å². The zero-order chi connectivity index (χ0) is 13.7. The van der Waals surface area contributed by atoms with E-state index in [1.165, 1.54) is 16.7 Å². The molecule has 1 amide bonds. The molecule has 3 aliphatic heterocycles. The van der Waals surface area contributed by atoms with Crippen molar-refractivity contribution in [2.24, 2.45) is 5.92 Å². The smallest absolute Gasteiger partial charge is 0.353 e. The zero-order valence-electron chi connectivity index (χ0n) is 10.4. The fourth-order valence-electron chi connectivity index (χ4n) is 2.82. The lowest BCUT2D eigenvalue weighted by Gasteiger charge is -2.43. The zero-order valence-corrected chi connectivity index (χ0v) is 11.2. The first kappa shape index (κ1) is 13.0. The van der Waals surface area contributed by atoms with Crippen molar-refractivity contribution in [1.29, 1.82) is 0 Å². The van der Waals surface area contributed by atoms with E-state index in [0.29, 0.717) is 11.5 Å². The van der Waals surface area contributed by atoms with Gasteiger partial charge < -0.3 is 14.9 Å². The number of carboxylic acids is 1. The molecule has 104 valence electrons. The first-order chi connectivity index (χ1) is 9.02. The summed E-state index contributed by atoms with van der Waals surface area (Å²) in [5, 5.41) is 18.6. The molecule has 3 aliphatic rings. The highest BCUT2D eigenvalue weighted by atomic mass is 32.2. The van der Waals surface area contributed by atoms with Crippen LogP contribution < -0.4 is 0 Å². The number of nitrogens with zero attached hydrogens (tertiary/aromatic N) is 1. The number of carbonyl (C=O) groups is 2. The van der Waals surface area contributed by atoms with Crippen molar-refractivity contribution < 1.29 is 24.5 Å². The molecule has 3 unspecified atom stereocenters. The van der Waals surface area contributed by atoms with E-state index in [9.17, 15) is 19.8 Å². The minimum Gasteiger partial charge on any atom is -0.477 e. The normalized spacial score (nSPS) is 35.4. The van der Waals surface area contributed by atoms with Gasteiger partial charge in [-0.2, -0.15) is 0 Å². The molecule has 3 rings (SSSR count). The number of amides is 1. The summed E-state index contributed by atoms with van der Waals surface area (Å²) in [6.07, 6.45) is 0.706. The van der Waals surface area contributed by atoms with Gasteiger partial charge in [0.25, 0.3) is 0 Å². The average Bonchev–Trinajstić information content (AvgIpc) is 2.92. The highest BCUT2D eigenvalue weighted by Crippen LogP contribution is 2.52. The Labute approximate surface area is 114 Å². The van der Waals surface area contributed by atoms with Crippen molar-refractivity contribution in [1.82, 2.24) is 4.90 Å². The molecule has 2 saturated heterocycles. The molecule has 6 nitrogen and oxygen atoms in total. The summed E-state index contributed by atoms with van der Waals surface area (Å²) in [5.74, 6) is -1.92. The predicted molar refractivity (Wildman–Crippen MR) is 67.0 cm³/mol. The van der Waals surface area contributed by atoms with Gasteiger partial charge in [0.2, 0.25) is 5.91 Å². The van der Waals surface area contributed by atoms with E-state index in [1.807, 2.05) is 0 Å². The van der Waals surface area contributed by atoms with Crippen molar-refractivity contribution in [3.63, 3.8) is 0 Å². The summed E-state index contributed by atoms with van der Waals surface area (Å²) in [6.45, 7) is 2.19. The largest absolute Gasteiger partial charge is 0.477 e. The fraction of sp³-hybridized carbons (Fsp3) is 0.667. The number of rotatable bonds is 3. The van der Waals surface area contributed by atoms with Gasteiger partial charge in [-0.3, -0.25) is 9.69 Å². The van der Waals surface area contributed by atoms with Crippen LogP contribution in [0.3, 0.4) is 0 Å². The summed E-state index contributed by atoms with van der Waals surface area (Å²) in [6, 6.07) is 0. The van der Waals surface area contributed by atoms with E-state index in [-0.39, 0.29) is 23.1 Å². The topological polar surface area (TPSA) is 87.1 Å². The van der Waals surface area contributed by atoms with Crippen molar-refractivity contribution >= 4 is 23.6 Å². The van der Waals surface area contributed by atoms with Crippen molar-refractivity contribution in [2.75, 3.05) is 6.61 Å². The van der Waals surface area contributed by atoms with E-state index in [1.54, 1.807) is 6.92 Å². The third kappa shape index (κ3) is 1.79. The van der Waals surface area contributed by atoms with Crippen LogP contribution in [0.4, 0.5) is 0 Å². The van der Waals surface area contributed by atoms with Gasteiger partial charge in [-0.25, -0.2) is 4.79 Å². The Morgan fingerprint density at radius 2 is 2.32 bits per heavy atom. The van der Waals surface area contributed by atoms with Gasteiger partial charge in [0.15, 0.2) is 0 Å². The Bertz CT molecular complexity index is 469. The van der Waals surface area contributed by atoms with E-state index in [2.05, 4.69) is 0 Å². The third-order valence-electron chi connectivity index (χ3n) is 3.75. The monoisotopic (exact) mass is 285 g/mol. The molecule has 0 saturated carbocycles. The first-order valence-electron chi connectivity index (χ1n) is 6.29. The molecule has 3 heterocycles. The number of fused-ring (bicyclic) bond motifs is 1. The molecule has 0 bridgehead atoms. The van der Waals surface area contributed by atoms with Crippen LogP contribution in [-0.2, 0) is 14.3 Å². The van der Waals surface area contributed by atoms with Gasteiger partial charge in [-0.05, 0) is 19.8 Å². The van der Waals surface area contributed by atoms with Crippen molar-refractivity contribution in [2.45, 2.75) is 37.3 Å². The maximum atomic E-state index is 12.0. The van der Waals surface area contributed by atoms with Gasteiger partial charge in [0, 0.05) is 11.5 Å². The second-order valence-electron chi connectivity index (χ2n) is 5.00. The summed E-state index contributed by atoms with van der Waals surface area (Å²) in [5.41, 5.74) is 0.0452. The Balaban J connectivity index is 1.91. The molecular formula is C12H15NO5S. The molecule has 0 aromatic heterocycles. The Hall–Kier alpha value is -1.05. The maximum Gasteiger partial charge on any atom is 0.353 e. The van der Waals surface area contributed by atoms with Crippen LogP contribution in [0.25, 0.3) is 0 Å². The molecule has 0 aliphatic carbocycles. The van der Waals surface area contributed by atoms with E-state index in [4.69, 9.17) is 4.74 Å². The summed E-state index contributed by atoms with van der Waals surface area (Å²) in [4.78, 5) is 25.3. The maximum absolute atomic E-state index is 12.0. The molecule has 0 aromatic carbocycles. The van der Waals surface area contributed by atoms with Crippen LogP contribution in [0.15, 0.2) is 10.6 Å². The molecule has 0 spiro atoms. The van der Waals surface area contributed by atoms with Gasteiger partial charge in [-0.15, -0.1) is 0 Å². The Morgan fingerprint density at radius 1 is 1.58 bits per heavy atom. The molecule has 19 heavy (non-hydrogen) atoms. The van der Waals surface area contributed by atoms with Gasteiger partial charge in [0.1, 0.15) is 11.1 Å². The predicted octanol–water partition coefficient (Wildman–Crippen LogP) is 0.374. The van der Waals surface area contributed by atoms with Gasteiger partial charge in [-0.1, -0.05) is 11.8 Å². The van der Waals surface area contributed by atoms with Crippen LogP contribution in [0.5, 0.6) is 0 Å². The number of hydrogen-bond acceptors (Lipinski definition) is 5. The fourth-order valence-corrected chi connectivity index (χ4v) is 4.52. The number of aliphatic hydroxyl groups excluding tert-OH is 1. The highest BCUT2D eigenvalue weighted by Gasteiger charge is 2.58. The number of thioether (sulfide) groups is 1. The molecule has 0 aromatic rings.